The summed E-state index contributed by atoms with van der Waals surface area (Å²) in [4.78, 5) is 38.2. The van der Waals surface area contributed by atoms with Gasteiger partial charge in [0.2, 0.25) is 0 Å². The van der Waals surface area contributed by atoms with Crippen molar-refractivity contribution < 1.29 is 28.6 Å². The van der Waals surface area contributed by atoms with Gasteiger partial charge >= 0.3 is 17.9 Å². The monoisotopic (exact) mass is 977 g/mol. The highest BCUT2D eigenvalue weighted by molar-refractivity contribution is 5.71. The van der Waals surface area contributed by atoms with E-state index in [2.05, 4.69) is 93.7 Å². The molecule has 0 aromatic heterocycles. The van der Waals surface area contributed by atoms with Crippen LogP contribution in [-0.2, 0) is 28.6 Å². The first-order chi connectivity index (χ1) is 34.5. The third-order valence-corrected chi connectivity index (χ3v) is 13.0. The van der Waals surface area contributed by atoms with Gasteiger partial charge in [-0.3, -0.25) is 14.4 Å². The predicted molar refractivity (Wildman–Crippen MR) is 302 cm³/mol. The van der Waals surface area contributed by atoms with Crippen LogP contribution in [0, 0.1) is 0 Å². The molecule has 70 heavy (non-hydrogen) atoms. The van der Waals surface area contributed by atoms with E-state index in [1.54, 1.807) is 0 Å². The Bertz CT molecular complexity index is 1310. The number of hydrogen-bond acceptors (Lipinski definition) is 6. The van der Waals surface area contributed by atoms with Crippen LogP contribution in [0.2, 0.25) is 0 Å². The molecule has 6 nitrogen and oxygen atoms in total. The van der Waals surface area contributed by atoms with E-state index >= 15 is 0 Å². The highest BCUT2D eigenvalue weighted by Crippen LogP contribution is 2.15. The molecule has 1 unspecified atom stereocenters. The van der Waals surface area contributed by atoms with Crippen LogP contribution in [0.4, 0.5) is 0 Å². The maximum atomic E-state index is 12.9. The van der Waals surface area contributed by atoms with Crippen molar-refractivity contribution in [1.29, 1.82) is 0 Å². The van der Waals surface area contributed by atoms with E-state index in [0.717, 1.165) is 83.5 Å². The van der Waals surface area contributed by atoms with Gasteiger partial charge in [-0.05, 0) is 103 Å². The minimum atomic E-state index is -0.793. The molecule has 0 aliphatic carbocycles. The fourth-order valence-corrected chi connectivity index (χ4v) is 8.40. The first-order valence-electron chi connectivity index (χ1n) is 30.0. The van der Waals surface area contributed by atoms with E-state index < -0.39 is 6.10 Å². The molecule has 0 fully saturated rings. The lowest BCUT2D eigenvalue weighted by Gasteiger charge is -2.18. The van der Waals surface area contributed by atoms with Gasteiger partial charge < -0.3 is 14.2 Å². The zero-order chi connectivity index (χ0) is 50.7. The molecular formula is C64H112O6. The number of hydrogen-bond donors (Lipinski definition) is 0. The van der Waals surface area contributed by atoms with E-state index in [0.29, 0.717) is 19.3 Å². The van der Waals surface area contributed by atoms with Crippen molar-refractivity contribution in [2.24, 2.45) is 0 Å². The van der Waals surface area contributed by atoms with Crippen LogP contribution in [0.3, 0.4) is 0 Å². The molecule has 0 spiro atoms. The van der Waals surface area contributed by atoms with E-state index in [4.69, 9.17) is 14.2 Å². The molecule has 6 heteroatoms. The Kier molecular flexibility index (Phi) is 55.8. The summed E-state index contributed by atoms with van der Waals surface area (Å²) in [6, 6.07) is 0. The molecule has 0 rings (SSSR count). The summed E-state index contributed by atoms with van der Waals surface area (Å²) in [5.41, 5.74) is 0. The molecule has 0 saturated heterocycles. The molecule has 0 amide bonds. The van der Waals surface area contributed by atoms with Crippen LogP contribution < -0.4 is 0 Å². The molecule has 0 aromatic carbocycles. The van der Waals surface area contributed by atoms with Crippen LogP contribution in [-0.4, -0.2) is 37.2 Å². The summed E-state index contributed by atoms with van der Waals surface area (Å²) < 4.78 is 16.9. The molecule has 1 atom stereocenters. The van der Waals surface area contributed by atoms with Gasteiger partial charge in [0.1, 0.15) is 13.2 Å². The number of esters is 3. The number of carbonyl (C=O) groups excluding carboxylic acids is 3. The van der Waals surface area contributed by atoms with E-state index in [-0.39, 0.29) is 31.1 Å². The van der Waals surface area contributed by atoms with Crippen molar-refractivity contribution in [3.63, 3.8) is 0 Å². The first-order valence-corrected chi connectivity index (χ1v) is 30.0. The molecule has 0 aliphatic rings. The second-order valence-corrected chi connectivity index (χ2v) is 20.0. The maximum absolute atomic E-state index is 12.9. The van der Waals surface area contributed by atoms with Crippen molar-refractivity contribution in [3.8, 4) is 0 Å². The van der Waals surface area contributed by atoms with Crippen molar-refractivity contribution in [1.82, 2.24) is 0 Å². The molecule has 0 heterocycles. The Labute approximate surface area is 433 Å². The molecular weight excluding hydrogens is 865 g/mol. The Hall–Kier alpha value is -3.15. The first kappa shape index (κ1) is 66.9. The summed E-state index contributed by atoms with van der Waals surface area (Å²) in [5, 5.41) is 0. The molecule has 0 aromatic rings. The lowest BCUT2D eigenvalue weighted by Crippen LogP contribution is -2.30. The lowest BCUT2D eigenvalue weighted by atomic mass is 10.1. The molecule has 0 aliphatic heterocycles. The quantitative estimate of drug-likeness (QED) is 0.0199. The number of allylic oxidation sites excluding steroid dienone is 12. The van der Waals surface area contributed by atoms with Gasteiger partial charge in [-0.25, -0.2) is 0 Å². The van der Waals surface area contributed by atoms with Crippen LogP contribution >= 0.6 is 0 Å². The van der Waals surface area contributed by atoms with Gasteiger partial charge in [-0.1, -0.05) is 248 Å². The lowest BCUT2D eigenvalue weighted by molar-refractivity contribution is -0.167. The number of unbranched alkanes of at least 4 members (excludes halogenated alkanes) is 33. The summed E-state index contributed by atoms with van der Waals surface area (Å²) in [6.07, 6.45) is 74.6. The maximum Gasteiger partial charge on any atom is 0.306 e. The SMILES string of the molecule is CCCCC/C=C\C=C/CCCCCCCCCCCCC(=O)OCC(COC(=O)CCCCC/C=C\C=C/CCCCCCCCC)OC(=O)CCCCCCCCC/C=C\C/C=C\CCCCC. The molecule has 0 radical (unpaired) electrons. The van der Waals surface area contributed by atoms with Crippen molar-refractivity contribution >= 4 is 17.9 Å². The minimum absolute atomic E-state index is 0.0882. The summed E-state index contributed by atoms with van der Waals surface area (Å²) in [6.45, 7) is 6.57. The van der Waals surface area contributed by atoms with Gasteiger partial charge in [0.25, 0.3) is 0 Å². The highest BCUT2D eigenvalue weighted by atomic mass is 16.6. The Morgan fingerprint density at radius 3 is 0.914 bits per heavy atom. The number of carbonyl (C=O) groups is 3. The summed E-state index contributed by atoms with van der Waals surface area (Å²) in [5.74, 6) is -0.916. The molecule has 0 saturated carbocycles. The third kappa shape index (κ3) is 55.8. The molecule has 0 bridgehead atoms. The van der Waals surface area contributed by atoms with Gasteiger partial charge in [-0.15, -0.1) is 0 Å². The Balaban J connectivity index is 4.42. The zero-order valence-corrected chi connectivity index (χ0v) is 46.3. The normalized spacial score (nSPS) is 12.6. The van der Waals surface area contributed by atoms with E-state index in [1.165, 1.54) is 173 Å². The van der Waals surface area contributed by atoms with Gasteiger partial charge in [0.15, 0.2) is 6.10 Å². The van der Waals surface area contributed by atoms with Crippen molar-refractivity contribution in [3.05, 3.63) is 72.9 Å². The number of ether oxygens (including phenoxy) is 3. The van der Waals surface area contributed by atoms with Crippen molar-refractivity contribution in [2.45, 2.75) is 303 Å². The van der Waals surface area contributed by atoms with Crippen molar-refractivity contribution in [2.75, 3.05) is 13.2 Å². The van der Waals surface area contributed by atoms with Gasteiger partial charge in [0, 0.05) is 19.3 Å². The summed E-state index contributed by atoms with van der Waals surface area (Å²) in [7, 11) is 0. The molecule has 404 valence electrons. The van der Waals surface area contributed by atoms with E-state index in [1.807, 2.05) is 0 Å². The van der Waals surface area contributed by atoms with E-state index in [9.17, 15) is 14.4 Å². The molecule has 0 N–H and O–H groups in total. The zero-order valence-electron chi connectivity index (χ0n) is 46.3. The Morgan fingerprint density at radius 1 is 0.300 bits per heavy atom. The Morgan fingerprint density at radius 2 is 0.557 bits per heavy atom. The van der Waals surface area contributed by atoms with Crippen LogP contribution in [0.25, 0.3) is 0 Å². The fourth-order valence-electron chi connectivity index (χ4n) is 8.40. The topological polar surface area (TPSA) is 78.9 Å². The average Bonchev–Trinajstić information content (AvgIpc) is 3.36. The predicted octanol–water partition coefficient (Wildman–Crippen LogP) is 20.2. The second-order valence-electron chi connectivity index (χ2n) is 20.0. The standard InChI is InChI=1S/C64H112O6/c1-4-7-10-13-16-19-22-25-28-31-32-34-36-39-42-45-48-51-54-57-63(66)69-60-61(59-68-62(65)56-53-50-47-44-41-38-35-30-27-24-21-18-15-12-9-6-3)70-64(67)58-55-52-49-46-43-40-37-33-29-26-23-20-17-14-11-8-5-2/h16-17,19-20,22,25-26,29-30,35,38,41,61H,4-15,18,21,23-24,27-28,31-34,36-37,39-40,42-60H2,1-3H3/b19-16-,20-17-,25-22-,29-26-,35-30-,41-38-. The highest BCUT2D eigenvalue weighted by Gasteiger charge is 2.19. The smallest absolute Gasteiger partial charge is 0.306 e. The van der Waals surface area contributed by atoms with Crippen LogP contribution in [0.15, 0.2) is 72.9 Å². The second kappa shape index (κ2) is 58.4. The van der Waals surface area contributed by atoms with Crippen LogP contribution in [0.5, 0.6) is 0 Å². The van der Waals surface area contributed by atoms with Crippen LogP contribution in [0.1, 0.15) is 297 Å². The van der Waals surface area contributed by atoms with Gasteiger partial charge in [0.05, 0.1) is 0 Å². The minimum Gasteiger partial charge on any atom is -0.462 e. The largest absolute Gasteiger partial charge is 0.462 e. The average molecular weight is 978 g/mol. The fraction of sp³-hybridized carbons (Fsp3) is 0.766. The third-order valence-electron chi connectivity index (χ3n) is 13.0. The van der Waals surface area contributed by atoms with Gasteiger partial charge in [-0.2, -0.15) is 0 Å². The number of rotatable bonds is 54. The summed E-state index contributed by atoms with van der Waals surface area (Å²) >= 11 is 0.